The molecule has 0 bridgehead atoms. The van der Waals surface area contributed by atoms with Crippen molar-refractivity contribution in [3.63, 3.8) is 0 Å². The number of nitrogens with one attached hydrogen (secondary N) is 2. The van der Waals surface area contributed by atoms with Crippen molar-refractivity contribution in [1.82, 2.24) is 15.6 Å². The van der Waals surface area contributed by atoms with Gasteiger partial charge in [0.2, 0.25) is 0 Å². The second-order valence-electron chi connectivity index (χ2n) is 6.00. The molecule has 1 aliphatic rings. The van der Waals surface area contributed by atoms with Crippen LogP contribution in [0.15, 0.2) is 5.51 Å². The van der Waals surface area contributed by atoms with Gasteiger partial charge in [-0.05, 0) is 44.2 Å². The van der Waals surface area contributed by atoms with E-state index in [1.807, 2.05) is 5.51 Å². The monoisotopic (exact) mass is 267 g/mol. The first-order valence-electron chi connectivity index (χ1n) is 6.90. The minimum absolute atomic E-state index is 0.367. The fourth-order valence-corrected chi connectivity index (χ4v) is 3.40. The highest BCUT2D eigenvalue weighted by molar-refractivity contribution is 7.09. The third kappa shape index (κ3) is 3.53. The number of rotatable bonds is 5. The number of nitrogens with zero attached hydrogens (tertiary/aromatic N) is 1. The zero-order chi connectivity index (χ0) is 13.0. The zero-order valence-electron chi connectivity index (χ0n) is 11.8. The van der Waals surface area contributed by atoms with E-state index in [0.717, 1.165) is 19.0 Å². The molecule has 2 rings (SSSR count). The van der Waals surface area contributed by atoms with Crippen LogP contribution in [-0.4, -0.2) is 24.6 Å². The number of thiazole rings is 1. The van der Waals surface area contributed by atoms with E-state index in [-0.39, 0.29) is 0 Å². The molecule has 0 radical (unpaired) electrons. The second-order valence-corrected chi connectivity index (χ2v) is 6.94. The van der Waals surface area contributed by atoms with Crippen molar-refractivity contribution in [2.24, 2.45) is 11.3 Å². The summed E-state index contributed by atoms with van der Waals surface area (Å²) in [6.45, 7) is 11.3. The van der Waals surface area contributed by atoms with Gasteiger partial charge >= 0.3 is 0 Å². The highest BCUT2D eigenvalue weighted by Crippen LogP contribution is 2.31. The van der Waals surface area contributed by atoms with E-state index >= 15 is 0 Å². The Balaban J connectivity index is 1.79. The molecule has 1 aromatic heterocycles. The van der Waals surface area contributed by atoms with E-state index in [2.05, 4.69) is 36.4 Å². The van der Waals surface area contributed by atoms with Crippen molar-refractivity contribution in [3.8, 4) is 0 Å². The van der Waals surface area contributed by atoms with Crippen LogP contribution in [-0.2, 0) is 6.54 Å². The van der Waals surface area contributed by atoms with Gasteiger partial charge in [-0.25, -0.2) is 4.98 Å². The summed E-state index contributed by atoms with van der Waals surface area (Å²) in [5, 5.41) is 7.13. The Labute approximate surface area is 114 Å². The Hall–Kier alpha value is -0.450. The molecule has 1 saturated heterocycles. The van der Waals surface area contributed by atoms with Crippen molar-refractivity contribution < 1.29 is 0 Å². The van der Waals surface area contributed by atoms with Gasteiger partial charge in [0.25, 0.3) is 0 Å². The quantitative estimate of drug-likeness (QED) is 0.861. The van der Waals surface area contributed by atoms with E-state index in [0.29, 0.717) is 5.41 Å². The first-order chi connectivity index (χ1) is 8.59. The number of hydrogen-bond acceptors (Lipinski definition) is 4. The normalized spacial score (nSPS) is 21.2. The first kappa shape index (κ1) is 14.0. The summed E-state index contributed by atoms with van der Waals surface area (Å²) in [5.41, 5.74) is 3.47. The number of hydrogen-bond donors (Lipinski definition) is 2. The smallest absolute Gasteiger partial charge is 0.0798 e. The summed E-state index contributed by atoms with van der Waals surface area (Å²) in [4.78, 5) is 5.66. The van der Waals surface area contributed by atoms with Crippen LogP contribution in [0.5, 0.6) is 0 Å². The van der Waals surface area contributed by atoms with E-state index in [1.165, 1.54) is 36.5 Å². The molecule has 0 saturated carbocycles. The van der Waals surface area contributed by atoms with Gasteiger partial charge in [0.15, 0.2) is 0 Å². The predicted molar refractivity (Wildman–Crippen MR) is 77.9 cm³/mol. The van der Waals surface area contributed by atoms with Crippen molar-refractivity contribution >= 4 is 11.3 Å². The molecule has 0 aromatic carbocycles. The lowest BCUT2D eigenvalue weighted by Gasteiger charge is -2.37. The van der Waals surface area contributed by atoms with E-state index in [4.69, 9.17) is 0 Å². The van der Waals surface area contributed by atoms with Crippen LogP contribution in [0.2, 0.25) is 0 Å². The van der Waals surface area contributed by atoms with Gasteiger partial charge in [-0.3, -0.25) is 0 Å². The topological polar surface area (TPSA) is 37.0 Å². The summed E-state index contributed by atoms with van der Waals surface area (Å²) in [5.74, 6) is 0.793. The summed E-state index contributed by atoms with van der Waals surface area (Å²) < 4.78 is 0. The summed E-state index contributed by atoms with van der Waals surface area (Å²) in [6, 6.07) is 0. The molecule has 1 aliphatic heterocycles. The van der Waals surface area contributed by atoms with Crippen LogP contribution in [0.1, 0.15) is 37.3 Å². The maximum atomic E-state index is 4.29. The van der Waals surface area contributed by atoms with E-state index < -0.39 is 0 Å². The highest BCUT2D eigenvalue weighted by atomic mass is 32.1. The largest absolute Gasteiger partial charge is 0.316 e. The van der Waals surface area contributed by atoms with Crippen LogP contribution in [0, 0.1) is 18.3 Å². The van der Waals surface area contributed by atoms with Crippen molar-refractivity contribution in [3.05, 3.63) is 16.1 Å². The van der Waals surface area contributed by atoms with Crippen LogP contribution in [0.3, 0.4) is 0 Å². The Kier molecular flexibility index (Phi) is 4.76. The van der Waals surface area contributed by atoms with Crippen molar-refractivity contribution in [2.75, 3.05) is 19.6 Å². The molecule has 0 aliphatic carbocycles. The minimum Gasteiger partial charge on any atom is -0.316 e. The Morgan fingerprint density at radius 1 is 1.56 bits per heavy atom. The number of piperidine rings is 1. The fraction of sp³-hybridized carbons (Fsp3) is 0.786. The van der Waals surface area contributed by atoms with Crippen molar-refractivity contribution in [2.45, 2.75) is 40.2 Å². The van der Waals surface area contributed by atoms with Crippen LogP contribution in [0.25, 0.3) is 0 Å². The predicted octanol–water partition coefficient (Wildman–Crippen LogP) is 2.57. The Morgan fingerprint density at radius 2 is 2.39 bits per heavy atom. The summed E-state index contributed by atoms with van der Waals surface area (Å²) >= 11 is 1.75. The van der Waals surface area contributed by atoms with Gasteiger partial charge in [-0.15, -0.1) is 11.3 Å². The highest BCUT2D eigenvalue weighted by Gasteiger charge is 2.30. The molecule has 1 fully saturated rings. The minimum atomic E-state index is 0.367. The van der Waals surface area contributed by atoms with Crippen LogP contribution in [0.4, 0.5) is 0 Å². The average molecular weight is 267 g/mol. The maximum Gasteiger partial charge on any atom is 0.0798 e. The summed E-state index contributed by atoms with van der Waals surface area (Å²) in [7, 11) is 0. The van der Waals surface area contributed by atoms with Gasteiger partial charge in [-0.2, -0.15) is 0 Å². The van der Waals surface area contributed by atoms with E-state index in [9.17, 15) is 0 Å². The third-order valence-electron chi connectivity index (χ3n) is 4.11. The number of aromatic nitrogens is 1. The van der Waals surface area contributed by atoms with Gasteiger partial charge < -0.3 is 10.6 Å². The average Bonchev–Trinajstić information content (AvgIpc) is 2.76. The molecule has 102 valence electrons. The standard InChI is InChI=1S/C14H25N3S/c1-11-13(18-10-17-11)8-16-9-14(2,3)12-5-4-6-15-7-12/h10,12,15-16H,4-9H2,1-3H3. The van der Waals surface area contributed by atoms with Gasteiger partial charge in [0.1, 0.15) is 0 Å². The third-order valence-corrected chi connectivity index (χ3v) is 5.05. The maximum absolute atomic E-state index is 4.29. The lowest BCUT2D eigenvalue weighted by molar-refractivity contribution is 0.166. The second kappa shape index (κ2) is 6.13. The molecule has 18 heavy (non-hydrogen) atoms. The van der Waals surface area contributed by atoms with Crippen LogP contribution >= 0.6 is 11.3 Å². The lowest BCUT2D eigenvalue weighted by Crippen LogP contribution is -2.43. The van der Waals surface area contributed by atoms with E-state index in [1.54, 1.807) is 11.3 Å². The summed E-state index contributed by atoms with van der Waals surface area (Å²) in [6.07, 6.45) is 2.68. The zero-order valence-corrected chi connectivity index (χ0v) is 12.6. The molecule has 0 amide bonds. The molecule has 1 atom stereocenters. The first-order valence-corrected chi connectivity index (χ1v) is 7.78. The molecule has 3 nitrogen and oxygen atoms in total. The molecule has 0 spiro atoms. The Bertz CT molecular complexity index is 367. The number of aryl methyl sites for hydroxylation is 1. The molecule has 1 unspecified atom stereocenters. The Morgan fingerprint density at radius 3 is 3.00 bits per heavy atom. The van der Waals surface area contributed by atoms with Crippen molar-refractivity contribution in [1.29, 1.82) is 0 Å². The fourth-order valence-electron chi connectivity index (χ4n) is 2.66. The SMILES string of the molecule is Cc1ncsc1CNCC(C)(C)C1CCCNC1. The molecule has 4 heteroatoms. The van der Waals surface area contributed by atoms with Gasteiger partial charge in [0, 0.05) is 18.0 Å². The molecular weight excluding hydrogens is 242 g/mol. The molecular formula is C14H25N3S. The molecule has 1 aromatic rings. The van der Waals surface area contributed by atoms with Gasteiger partial charge in [-0.1, -0.05) is 13.8 Å². The molecule has 2 N–H and O–H groups in total. The molecule has 2 heterocycles. The van der Waals surface area contributed by atoms with Crippen LogP contribution < -0.4 is 10.6 Å². The lowest BCUT2D eigenvalue weighted by atomic mass is 9.75. The van der Waals surface area contributed by atoms with Gasteiger partial charge in [0.05, 0.1) is 11.2 Å².